The van der Waals surface area contributed by atoms with Crippen molar-refractivity contribution in [2.24, 2.45) is 0 Å². The number of allylic oxidation sites excluding steroid dienone is 1. The fraction of sp³-hybridized carbons (Fsp3) is 0.524. The van der Waals surface area contributed by atoms with Crippen LogP contribution < -0.4 is 4.74 Å². The average Bonchev–Trinajstić information content (AvgIpc) is 3.01. The number of benzene rings is 1. The van der Waals surface area contributed by atoms with Crippen molar-refractivity contribution in [2.45, 2.75) is 65.4 Å². The van der Waals surface area contributed by atoms with Crippen LogP contribution >= 0.6 is 0 Å². The number of hydrogen-bond acceptors (Lipinski definition) is 4. The Bertz CT molecular complexity index is 660. The van der Waals surface area contributed by atoms with Crippen LogP contribution in [0.25, 0.3) is 0 Å². The number of unbranched alkanes of at least 4 members (excludes halogenated alkanes) is 2. The van der Waals surface area contributed by atoms with Crippen LogP contribution in [0.15, 0.2) is 24.3 Å². The lowest BCUT2D eigenvalue weighted by atomic mass is 9.94. The van der Waals surface area contributed by atoms with Gasteiger partial charge in [0.1, 0.15) is 5.75 Å². The molecule has 1 unspecified atom stereocenters. The van der Waals surface area contributed by atoms with Crippen molar-refractivity contribution in [2.75, 3.05) is 6.61 Å². The van der Waals surface area contributed by atoms with Gasteiger partial charge in [0.15, 0.2) is 11.9 Å². The molecule has 1 aromatic carbocycles. The Labute approximate surface area is 150 Å². The van der Waals surface area contributed by atoms with E-state index in [1.165, 1.54) is 0 Å². The van der Waals surface area contributed by atoms with Gasteiger partial charge in [0, 0.05) is 12.0 Å². The number of aryl methyl sites for hydroxylation is 1. The second-order valence-corrected chi connectivity index (χ2v) is 6.64. The molecule has 0 aliphatic carbocycles. The van der Waals surface area contributed by atoms with E-state index in [-0.39, 0.29) is 11.8 Å². The molecule has 25 heavy (non-hydrogen) atoms. The summed E-state index contributed by atoms with van der Waals surface area (Å²) in [6, 6.07) is 3.69. The van der Waals surface area contributed by atoms with Crippen LogP contribution in [0.5, 0.6) is 5.75 Å². The van der Waals surface area contributed by atoms with E-state index in [4.69, 9.17) is 9.47 Å². The fourth-order valence-corrected chi connectivity index (χ4v) is 2.87. The van der Waals surface area contributed by atoms with E-state index in [2.05, 4.69) is 13.5 Å². The summed E-state index contributed by atoms with van der Waals surface area (Å²) in [5.74, 6) is 0.330. The molecule has 0 fully saturated rings. The van der Waals surface area contributed by atoms with Gasteiger partial charge in [0.25, 0.3) is 0 Å². The molecule has 0 spiro atoms. The third kappa shape index (κ3) is 4.71. The van der Waals surface area contributed by atoms with Crippen LogP contribution in [-0.4, -0.2) is 24.5 Å². The number of rotatable bonds is 9. The van der Waals surface area contributed by atoms with Crippen LogP contribution in [-0.2, 0) is 16.0 Å². The summed E-state index contributed by atoms with van der Waals surface area (Å²) in [5, 5.41) is 0. The molecule has 4 heteroatoms. The lowest BCUT2D eigenvalue weighted by molar-refractivity contribution is -0.151. The molecular weight excluding hydrogens is 316 g/mol. The Balaban J connectivity index is 2.08. The lowest BCUT2D eigenvalue weighted by Crippen LogP contribution is -2.27. The van der Waals surface area contributed by atoms with Gasteiger partial charge in [-0.15, -0.1) is 0 Å². The monoisotopic (exact) mass is 344 g/mol. The first-order chi connectivity index (χ1) is 12.0. The zero-order valence-electron chi connectivity index (χ0n) is 15.5. The van der Waals surface area contributed by atoms with Crippen molar-refractivity contribution in [1.29, 1.82) is 0 Å². The van der Waals surface area contributed by atoms with E-state index in [1.54, 1.807) is 0 Å². The number of ether oxygens (including phenoxy) is 2. The molecule has 0 aromatic heterocycles. The van der Waals surface area contributed by atoms with Gasteiger partial charge in [-0.05, 0) is 55.0 Å². The number of fused-ring (bicyclic) bond motifs is 1. The first-order valence-corrected chi connectivity index (χ1v) is 9.17. The molecular formula is C21H28O4. The van der Waals surface area contributed by atoms with E-state index < -0.39 is 6.10 Å². The van der Waals surface area contributed by atoms with Crippen molar-refractivity contribution in [3.63, 3.8) is 0 Å². The van der Waals surface area contributed by atoms with Crippen LogP contribution in [0, 0.1) is 6.92 Å². The molecule has 2 rings (SSSR count). The van der Waals surface area contributed by atoms with Crippen molar-refractivity contribution >= 4 is 11.8 Å². The van der Waals surface area contributed by atoms with Gasteiger partial charge in [-0.2, -0.15) is 0 Å². The van der Waals surface area contributed by atoms with Crippen LogP contribution in [0.2, 0.25) is 0 Å². The molecule has 1 aliphatic heterocycles. The van der Waals surface area contributed by atoms with Gasteiger partial charge in [-0.3, -0.25) is 4.79 Å². The summed E-state index contributed by atoms with van der Waals surface area (Å²) >= 11 is 0. The normalized spacial score (nSPS) is 15.4. The minimum atomic E-state index is -0.611. The lowest BCUT2D eigenvalue weighted by Gasteiger charge is -2.11. The molecule has 0 N–H and O–H groups in total. The third-order valence-electron chi connectivity index (χ3n) is 4.48. The second-order valence-electron chi connectivity index (χ2n) is 6.64. The van der Waals surface area contributed by atoms with Crippen LogP contribution in [0.4, 0.5) is 0 Å². The van der Waals surface area contributed by atoms with E-state index in [0.717, 1.165) is 43.2 Å². The highest BCUT2D eigenvalue weighted by atomic mass is 16.6. The third-order valence-corrected chi connectivity index (χ3v) is 4.48. The number of ketones is 1. The van der Waals surface area contributed by atoms with Gasteiger partial charge in [-0.1, -0.05) is 33.3 Å². The topological polar surface area (TPSA) is 52.6 Å². The van der Waals surface area contributed by atoms with Gasteiger partial charge in [0.2, 0.25) is 0 Å². The Morgan fingerprint density at radius 1 is 1.24 bits per heavy atom. The zero-order valence-corrected chi connectivity index (χ0v) is 15.5. The number of Topliss-reactive ketones (excluding diaryl/α,β-unsaturated/α-hetero) is 1. The smallest absolute Gasteiger partial charge is 0.347 e. The van der Waals surface area contributed by atoms with Gasteiger partial charge in [-0.25, -0.2) is 4.79 Å². The molecule has 136 valence electrons. The molecule has 0 saturated carbocycles. The minimum absolute atomic E-state index is 0.0114. The molecule has 0 radical (unpaired) electrons. The van der Waals surface area contributed by atoms with Crippen molar-refractivity contribution in [1.82, 2.24) is 0 Å². The molecule has 0 bridgehead atoms. The standard InChI is InChI=1S/C21H28O4/c1-5-7-9-14(3)20(22)17-12-16-13-19(21(23)24-10-8-6-2)25-18(16)11-15(17)4/h11-12,19H,3,5-10,13H2,1-2,4H3. The summed E-state index contributed by atoms with van der Waals surface area (Å²) in [7, 11) is 0. The maximum atomic E-state index is 12.6. The minimum Gasteiger partial charge on any atom is -0.478 e. The summed E-state index contributed by atoms with van der Waals surface area (Å²) in [6.07, 6.45) is 4.38. The number of hydrogen-bond donors (Lipinski definition) is 0. The number of esters is 1. The van der Waals surface area contributed by atoms with Gasteiger partial charge >= 0.3 is 5.97 Å². The van der Waals surface area contributed by atoms with E-state index >= 15 is 0 Å². The zero-order chi connectivity index (χ0) is 18.4. The maximum Gasteiger partial charge on any atom is 0.347 e. The Morgan fingerprint density at radius 2 is 1.96 bits per heavy atom. The van der Waals surface area contributed by atoms with Gasteiger partial charge < -0.3 is 9.47 Å². The van der Waals surface area contributed by atoms with E-state index in [1.807, 2.05) is 26.0 Å². The summed E-state index contributed by atoms with van der Waals surface area (Å²) in [5.41, 5.74) is 3.03. The van der Waals surface area contributed by atoms with Gasteiger partial charge in [0.05, 0.1) is 6.61 Å². The Hall–Kier alpha value is -2.10. The molecule has 1 aromatic rings. The highest BCUT2D eigenvalue weighted by molar-refractivity contribution is 6.09. The van der Waals surface area contributed by atoms with E-state index in [0.29, 0.717) is 29.9 Å². The second kappa shape index (κ2) is 8.84. The predicted molar refractivity (Wildman–Crippen MR) is 98.2 cm³/mol. The highest BCUT2D eigenvalue weighted by Gasteiger charge is 2.31. The molecule has 4 nitrogen and oxygen atoms in total. The average molecular weight is 344 g/mol. The van der Waals surface area contributed by atoms with Crippen LogP contribution in [0.3, 0.4) is 0 Å². The van der Waals surface area contributed by atoms with Crippen LogP contribution in [0.1, 0.15) is 67.4 Å². The first-order valence-electron chi connectivity index (χ1n) is 9.17. The predicted octanol–water partition coefficient (Wildman–Crippen LogP) is 4.57. The Morgan fingerprint density at radius 3 is 2.64 bits per heavy atom. The fourth-order valence-electron chi connectivity index (χ4n) is 2.87. The molecule has 1 atom stereocenters. The summed E-state index contributed by atoms with van der Waals surface area (Å²) in [6.45, 7) is 10.4. The SMILES string of the molecule is C=C(CCCC)C(=O)c1cc2c(cc1C)OC(C(=O)OCCCC)C2. The first kappa shape index (κ1) is 19.2. The van der Waals surface area contributed by atoms with E-state index in [9.17, 15) is 9.59 Å². The number of carbonyl (C=O) groups is 2. The number of carbonyl (C=O) groups excluding carboxylic acids is 2. The Kier molecular flexibility index (Phi) is 6.80. The van der Waals surface area contributed by atoms with Crippen molar-refractivity contribution < 1.29 is 19.1 Å². The van der Waals surface area contributed by atoms with Crippen molar-refractivity contribution in [3.05, 3.63) is 41.0 Å². The molecule has 0 saturated heterocycles. The largest absolute Gasteiger partial charge is 0.478 e. The molecule has 1 aliphatic rings. The molecule has 0 amide bonds. The summed E-state index contributed by atoms with van der Waals surface area (Å²) < 4.78 is 11.0. The van der Waals surface area contributed by atoms with Crippen molar-refractivity contribution in [3.8, 4) is 5.75 Å². The highest BCUT2D eigenvalue weighted by Crippen LogP contribution is 2.33. The molecule has 1 heterocycles. The summed E-state index contributed by atoms with van der Waals surface area (Å²) in [4.78, 5) is 24.7. The maximum absolute atomic E-state index is 12.6. The quantitative estimate of drug-likeness (QED) is 0.285.